The molecule has 0 saturated carbocycles. The quantitative estimate of drug-likeness (QED) is 0.272. The van der Waals surface area contributed by atoms with Crippen LogP contribution in [0.1, 0.15) is 32.6 Å². The van der Waals surface area contributed by atoms with Gasteiger partial charge in [0.15, 0.2) is 0 Å². The minimum Gasteiger partial charge on any atom is -0.466 e. The van der Waals surface area contributed by atoms with Gasteiger partial charge in [-0.2, -0.15) is 0 Å². The highest BCUT2D eigenvalue weighted by atomic mass is 28.3. The lowest BCUT2D eigenvalue weighted by Gasteiger charge is -2.21. The third kappa shape index (κ3) is 10.3. The largest absolute Gasteiger partial charge is 0.466 e. The second kappa shape index (κ2) is 10.1. The molecular weight excluding hydrogens is 246 g/mol. The number of nitrogens with one attached hydrogen (secondary N) is 1. The van der Waals surface area contributed by atoms with Gasteiger partial charge in [0.1, 0.15) is 0 Å². The van der Waals surface area contributed by atoms with Gasteiger partial charge in [-0.15, -0.1) is 0 Å². The van der Waals surface area contributed by atoms with Crippen molar-refractivity contribution in [1.82, 2.24) is 5.32 Å². The Morgan fingerprint density at radius 1 is 1.28 bits per heavy atom. The average molecular weight is 273 g/mol. The van der Waals surface area contributed by atoms with Crippen LogP contribution in [-0.2, 0) is 14.3 Å². The van der Waals surface area contributed by atoms with E-state index in [9.17, 15) is 9.59 Å². The number of esters is 1. The monoisotopic (exact) mass is 273 g/mol. The molecule has 0 aliphatic rings. The molecule has 1 amide bonds. The highest BCUT2D eigenvalue weighted by molar-refractivity contribution is 6.77. The van der Waals surface area contributed by atoms with Gasteiger partial charge in [-0.05, 0) is 12.5 Å². The number of carbonyl (C=O) groups is 2. The van der Waals surface area contributed by atoms with Crippen molar-refractivity contribution in [3.8, 4) is 0 Å². The summed E-state index contributed by atoms with van der Waals surface area (Å²) in [4.78, 5) is 21.4. The molecule has 5 heteroatoms. The first-order chi connectivity index (χ1) is 8.52. The Morgan fingerprint density at radius 3 is 2.61 bits per heavy atom. The Morgan fingerprint density at radius 2 is 2.00 bits per heavy atom. The van der Waals surface area contributed by atoms with E-state index in [0.29, 0.717) is 32.4 Å². The Kier molecular flexibility index (Phi) is 9.64. The van der Waals surface area contributed by atoms with Gasteiger partial charge in [-0.25, -0.2) is 0 Å². The van der Waals surface area contributed by atoms with Crippen molar-refractivity contribution in [3.63, 3.8) is 0 Å². The summed E-state index contributed by atoms with van der Waals surface area (Å²) in [7, 11) is -1.17. The smallest absolute Gasteiger partial charge is 0.305 e. The van der Waals surface area contributed by atoms with Gasteiger partial charge in [0.05, 0.1) is 14.7 Å². The van der Waals surface area contributed by atoms with Crippen molar-refractivity contribution in [1.29, 1.82) is 0 Å². The van der Waals surface area contributed by atoms with Crippen molar-refractivity contribution < 1.29 is 14.3 Å². The molecule has 0 rings (SSSR count). The maximum absolute atomic E-state index is 11.4. The number of carbonyl (C=O) groups excluding carboxylic acids is 2. The molecule has 0 aromatic rings. The fourth-order valence-corrected chi connectivity index (χ4v) is 3.90. The molecule has 4 nitrogen and oxygen atoms in total. The van der Waals surface area contributed by atoms with Gasteiger partial charge in [-0.1, -0.05) is 38.9 Å². The van der Waals surface area contributed by atoms with E-state index >= 15 is 0 Å². The van der Waals surface area contributed by atoms with Crippen LogP contribution in [0.15, 0.2) is 0 Å². The molecule has 0 aliphatic heterocycles. The normalized spacial score (nSPS) is 11.1. The number of rotatable bonds is 11. The van der Waals surface area contributed by atoms with Crippen LogP contribution >= 0.6 is 0 Å². The Bertz CT molecular complexity index is 244. The summed E-state index contributed by atoms with van der Waals surface area (Å²) in [6, 6.07) is 2.36. The molecule has 0 unspecified atom stereocenters. The zero-order valence-corrected chi connectivity index (χ0v) is 13.0. The van der Waals surface area contributed by atoms with Crippen molar-refractivity contribution in [2.24, 2.45) is 0 Å². The summed E-state index contributed by atoms with van der Waals surface area (Å²) in [6.07, 6.45) is 4.20. The summed E-state index contributed by atoms with van der Waals surface area (Å²) < 4.78 is 5.22. The van der Waals surface area contributed by atoms with Gasteiger partial charge >= 0.3 is 5.97 Å². The maximum atomic E-state index is 11.4. The van der Waals surface area contributed by atoms with E-state index in [0.717, 1.165) is 6.04 Å². The highest BCUT2D eigenvalue weighted by Crippen LogP contribution is 2.18. The van der Waals surface area contributed by atoms with Gasteiger partial charge < -0.3 is 10.1 Å². The third-order valence-electron chi connectivity index (χ3n) is 3.03. The van der Waals surface area contributed by atoms with Crippen molar-refractivity contribution >= 4 is 20.5 Å². The Labute approximate surface area is 111 Å². The second-order valence-electron chi connectivity index (χ2n) is 5.41. The molecule has 0 aromatic carbocycles. The molecule has 0 aliphatic carbocycles. The maximum Gasteiger partial charge on any atom is 0.305 e. The zero-order valence-electron chi connectivity index (χ0n) is 12.0. The SMILES string of the molecule is CCCC[Si](C)(C)CCOC(=O)CCCNC=O. The number of amides is 1. The first-order valence-corrected chi connectivity index (χ1v) is 10.3. The van der Waals surface area contributed by atoms with Gasteiger partial charge in [0.25, 0.3) is 0 Å². The zero-order chi connectivity index (χ0) is 13.9. The van der Waals surface area contributed by atoms with E-state index in [1.807, 2.05) is 0 Å². The van der Waals surface area contributed by atoms with E-state index in [-0.39, 0.29) is 5.97 Å². The molecule has 18 heavy (non-hydrogen) atoms. The standard InChI is InChI=1S/C13H27NO3Si/c1-4-5-10-18(2,3)11-9-17-13(16)7-6-8-14-12-15/h12H,4-11H2,1-3H3,(H,14,15). The van der Waals surface area contributed by atoms with Crippen LogP contribution in [0.3, 0.4) is 0 Å². The molecule has 0 radical (unpaired) electrons. The van der Waals surface area contributed by atoms with E-state index < -0.39 is 8.07 Å². The number of hydrogen-bond acceptors (Lipinski definition) is 3. The van der Waals surface area contributed by atoms with Gasteiger partial charge in [-0.3, -0.25) is 9.59 Å². The predicted octanol–water partition coefficient (Wildman–Crippen LogP) is 2.56. The molecule has 0 aromatic heterocycles. The first-order valence-electron chi connectivity index (χ1n) is 6.84. The minimum atomic E-state index is -1.17. The van der Waals surface area contributed by atoms with Gasteiger partial charge in [0, 0.05) is 13.0 Å². The van der Waals surface area contributed by atoms with Crippen LogP contribution in [-0.4, -0.2) is 33.6 Å². The van der Waals surface area contributed by atoms with E-state index in [1.165, 1.54) is 18.9 Å². The average Bonchev–Trinajstić information content (AvgIpc) is 2.32. The summed E-state index contributed by atoms with van der Waals surface area (Å²) >= 11 is 0. The van der Waals surface area contributed by atoms with Crippen LogP contribution in [0.2, 0.25) is 25.2 Å². The molecule has 106 valence electrons. The van der Waals surface area contributed by atoms with Crippen LogP contribution in [0.25, 0.3) is 0 Å². The fraction of sp³-hybridized carbons (Fsp3) is 0.846. The van der Waals surface area contributed by atoms with Crippen molar-refractivity contribution in [3.05, 3.63) is 0 Å². The molecule has 0 spiro atoms. The van der Waals surface area contributed by atoms with Crippen LogP contribution in [0.4, 0.5) is 0 Å². The molecule has 0 fully saturated rings. The fourth-order valence-electron chi connectivity index (χ4n) is 1.69. The highest BCUT2D eigenvalue weighted by Gasteiger charge is 2.20. The molecule has 1 N–H and O–H groups in total. The third-order valence-corrected chi connectivity index (χ3v) is 6.30. The number of ether oxygens (including phenoxy) is 1. The topological polar surface area (TPSA) is 55.4 Å². The molecule has 0 atom stereocenters. The second-order valence-corrected chi connectivity index (χ2v) is 10.7. The van der Waals surface area contributed by atoms with Crippen molar-refractivity contribution in [2.75, 3.05) is 13.2 Å². The molecule has 0 bridgehead atoms. The predicted molar refractivity (Wildman–Crippen MR) is 76.3 cm³/mol. The van der Waals surface area contributed by atoms with E-state index in [2.05, 4.69) is 25.3 Å². The lowest BCUT2D eigenvalue weighted by atomic mass is 10.3. The summed E-state index contributed by atoms with van der Waals surface area (Å²) in [5.74, 6) is -0.150. The Hall–Kier alpha value is -0.843. The number of hydrogen-bond donors (Lipinski definition) is 1. The van der Waals surface area contributed by atoms with Crippen molar-refractivity contribution in [2.45, 2.75) is 57.8 Å². The van der Waals surface area contributed by atoms with E-state index in [4.69, 9.17) is 4.74 Å². The first kappa shape index (κ1) is 17.2. The van der Waals surface area contributed by atoms with Crippen LogP contribution in [0, 0.1) is 0 Å². The summed E-state index contributed by atoms with van der Waals surface area (Å²) in [5.41, 5.74) is 0. The molecular formula is C13H27NO3Si. The lowest BCUT2D eigenvalue weighted by Crippen LogP contribution is -2.27. The van der Waals surface area contributed by atoms with Gasteiger partial charge in [0.2, 0.25) is 6.41 Å². The van der Waals surface area contributed by atoms with E-state index in [1.54, 1.807) is 0 Å². The molecule has 0 saturated heterocycles. The number of unbranched alkanes of at least 4 members (excludes halogenated alkanes) is 1. The van der Waals surface area contributed by atoms with Crippen LogP contribution < -0.4 is 5.32 Å². The summed E-state index contributed by atoms with van der Waals surface area (Å²) in [5, 5.41) is 2.53. The Balaban J connectivity index is 3.57. The summed E-state index contributed by atoms with van der Waals surface area (Å²) in [6.45, 7) is 8.01. The van der Waals surface area contributed by atoms with Crippen LogP contribution in [0.5, 0.6) is 0 Å². The molecule has 0 heterocycles. The minimum absolute atomic E-state index is 0.150. The lowest BCUT2D eigenvalue weighted by molar-refractivity contribution is -0.143.